The van der Waals surface area contributed by atoms with Crippen molar-refractivity contribution in [1.82, 2.24) is 0 Å². The zero-order chi connectivity index (χ0) is 24.5. The first-order valence-electron chi connectivity index (χ1n) is 12.3. The number of nitrogen functional groups attached to an aromatic ring is 2. The Bertz CT molecular complexity index is 1250. The number of aryl methyl sites for hydroxylation is 1. The summed E-state index contributed by atoms with van der Waals surface area (Å²) < 4.78 is 51.2. The quantitative estimate of drug-likeness (QED) is 0.374. The number of anilines is 2. The van der Waals surface area contributed by atoms with Crippen LogP contribution >= 0.6 is 0 Å². The van der Waals surface area contributed by atoms with Crippen LogP contribution in [0.3, 0.4) is 0 Å². The number of nitrogens with two attached hydrogens (primary N) is 2. The standard InChI is InChI=1S/C26H32N2O6S/c1-13-3-23(27)21(7-17-11-33-17)24(4-13)35(29,30)26-20(6-16-10-32-16)14(2)19(5-15-9-31-15)25(28)22(26)8-18-12-34-18/h3-4,15-18H,5-12,27-28H2,1-2H3. The van der Waals surface area contributed by atoms with Gasteiger partial charge in [0.1, 0.15) is 0 Å². The normalized spacial score (nSPS) is 26.6. The minimum Gasteiger partial charge on any atom is -0.398 e. The SMILES string of the molecule is Cc1cc(N)c(CC2CO2)c(S(=O)(=O)c2c(CC3CO3)c(C)c(CC3CO3)c(N)c2CC2CO2)c1. The van der Waals surface area contributed by atoms with Crippen LogP contribution in [0.25, 0.3) is 0 Å². The molecule has 8 nitrogen and oxygen atoms in total. The van der Waals surface area contributed by atoms with E-state index in [0.717, 1.165) is 22.3 Å². The maximum atomic E-state index is 14.6. The predicted molar refractivity (Wildman–Crippen MR) is 130 cm³/mol. The third-order valence-corrected chi connectivity index (χ3v) is 9.36. The molecule has 0 radical (unpaired) electrons. The van der Waals surface area contributed by atoms with Crippen LogP contribution < -0.4 is 11.5 Å². The minimum atomic E-state index is -3.96. The van der Waals surface area contributed by atoms with E-state index in [1.165, 1.54) is 0 Å². The Hall–Kier alpha value is -2.17. The maximum Gasteiger partial charge on any atom is 0.207 e. The molecule has 4 saturated heterocycles. The Morgan fingerprint density at radius 3 is 1.71 bits per heavy atom. The first-order valence-corrected chi connectivity index (χ1v) is 13.7. The molecule has 4 aliphatic rings. The molecule has 0 saturated carbocycles. The lowest BCUT2D eigenvalue weighted by Crippen LogP contribution is -2.20. The van der Waals surface area contributed by atoms with Crippen LogP contribution in [0.15, 0.2) is 21.9 Å². The van der Waals surface area contributed by atoms with Crippen molar-refractivity contribution in [2.24, 2.45) is 0 Å². The lowest BCUT2D eigenvalue weighted by atomic mass is 9.89. The number of rotatable bonds is 10. The molecule has 0 amide bonds. The molecular weight excluding hydrogens is 468 g/mol. The molecule has 4 N–H and O–H groups in total. The van der Waals surface area contributed by atoms with E-state index in [1.54, 1.807) is 6.07 Å². The van der Waals surface area contributed by atoms with Crippen molar-refractivity contribution < 1.29 is 27.4 Å². The van der Waals surface area contributed by atoms with E-state index in [9.17, 15) is 8.42 Å². The molecule has 4 fully saturated rings. The molecule has 0 bridgehead atoms. The zero-order valence-electron chi connectivity index (χ0n) is 20.1. The van der Waals surface area contributed by atoms with Gasteiger partial charge in [-0.1, -0.05) is 0 Å². The monoisotopic (exact) mass is 500 g/mol. The van der Waals surface area contributed by atoms with E-state index in [1.807, 2.05) is 19.9 Å². The molecule has 0 aromatic heterocycles. The molecule has 35 heavy (non-hydrogen) atoms. The number of epoxide rings is 4. The molecule has 2 aromatic carbocycles. The Balaban J connectivity index is 1.58. The van der Waals surface area contributed by atoms with Crippen LogP contribution in [0.5, 0.6) is 0 Å². The summed E-state index contributed by atoms with van der Waals surface area (Å²) >= 11 is 0. The first kappa shape index (κ1) is 23.2. The Morgan fingerprint density at radius 2 is 1.20 bits per heavy atom. The van der Waals surface area contributed by atoms with Gasteiger partial charge < -0.3 is 30.4 Å². The summed E-state index contributed by atoms with van der Waals surface area (Å²) in [4.78, 5) is 0.556. The average molecular weight is 501 g/mol. The van der Waals surface area contributed by atoms with Gasteiger partial charge in [0.25, 0.3) is 0 Å². The van der Waals surface area contributed by atoms with E-state index in [2.05, 4.69) is 0 Å². The minimum absolute atomic E-state index is 0.000323. The fourth-order valence-electron chi connectivity index (χ4n) is 5.11. The lowest BCUT2D eigenvalue weighted by molar-refractivity contribution is 0.402. The molecule has 4 atom stereocenters. The van der Waals surface area contributed by atoms with Crippen molar-refractivity contribution in [3.8, 4) is 0 Å². The molecule has 4 heterocycles. The van der Waals surface area contributed by atoms with Gasteiger partial charge in [-0.05, 0) is 59.4 Å². The van der Waals surface area contributed by atoms with Gasteiger partial charge in [-0.25, -0.2) is 8.42 Å². The highest BCUT2D eigenvalue weighted by atomic mass is 32.2. The van der Waals surface area contributed by atoms with Gasteiger partial charge in [-0.15, -0.1) is 0 Å². The number of sulfone groups is 1. The van der Waals surface area contributed by atoms with E-state index in [0.29, 0.717) is 79.5 Å². The summed E-state index contributed by atoms with van der Waals surface area (Å²) in [6, 6.07) is 3.56. The van der Waals surface area contributed by atoms with Crippen LogP contribution in [0.2, 0.25) is 0 Å². The van der Waals surface area contributed by atoms with Crippen molar-refractivity contribution in [2.45, 2.75) is 73.7 Å². The summed E-state index contributed by atoms with van der Waals surface area (Å²) in [5, 5.41) is 0. The van der Waals surface area contributed by atoms with E-state index < -0.39 is 9.84 Å². The highest BCUT2D eigenvalue weighted by molar-refractivity contribution is 7.91. The second kappa shape index (κ2) is 8.45. The van der Waals surface area contributed by atoms with Crippen LogP contribution in [-0.4, -0.2) is 59.3 Å². The van der Waals surface area contributed by atoms with E-state index in [4.69, 9.17) is 30.4 Å². The zero-order valence-corrected chi connectivity index (χ0v) is 20.9. The summed E-state index contributed by atoms with van der Waals surface area (Å²) in [6.07, 6.45) is 2.26. The van der Waals surface area contributed by atoms with Gasteiger partial charge >= 0.3 is 0 Å². The Kier molecular flexibility index (Phi) is 5.61. The van der Waals surface area contributed by atoms with Gasteiger partial charge in [0.05, 0.1) is 60.6 Å². The summed E-state index contributed by atoms with van der Waals surface area (Å²) in [5.41, 5.74) is 18.9. The number of hydrogen-bond acceptors (Lipinski definition) is 8. The number of ether oxygens (including phenoxy) is 4. The molecule has 0 spiro atoms. The van der Waals surface area contributed by atoms with Crippen molar-refractivity contribution >= 4 is 21.2 Å². The fourth-order valence-corrected chi connectivity index (χ4v) is 7.27. The van der Waals surface area contributed by atoms with Crippen molar-refractivity contribution in [3.05, 3.63) is 45.5 Å². The van der Waals surface area contributed by atoms with E-state index in [-0.39, 0.29) is 29.3 Å². The molecule has 0 aliphatic carbocycles. The molecule has 6 rings (SSSR count). The van der Waals surface area contributed by atoms with Crippen LogP contribution in [-0.2, 0) is 54.5 Å². The molecule has 9 heteroatoms. The lowest BCUT2D eigenvalue weighted by Gasteiger charge is -2.24. The summed E-state index contributed by atoms with van der Waals surface area (Å²) in [5.74, 6) is 0. The summed E-state index contributed by atoms with van der Waals surface area (Å²) in [7, 11) is -3.96. The Labute approximate surface area is 205 Å². The molecule has 4 unspecified atom stereocenters. The highest BCUT2D eigenvalue weighted by Gasteiger charge is 2.39. The molecule has 4 aliphatic heterocycles. The first-order chi connectivity index (χ1) is 16.7. The van der Waals surface area contributed by atoms with Gasteiger partial charge in [0.2, 0.25) is 9.84 Å². The van der Waals surface area contributed by atoms with Crippen LogP contribution in [0.4, 0.5) is 11.4 Å². The van der Waals surface area contributed by atoms with Crippen LogP contribution in [0.1, 0.15) is 33.4 Å². The third-order valence-electron chi connectivity index (χ3n) is 7.39. The topological polar surface area (TPSA) is 136 Å². The van der Waals surface area contributed by atoms with Crippen molar-refractivity contribution in [3.63, 3.8) is 0 Å². The molecule has 188 valence electrons. The number of hydrogen-bond donors (Lipinski definition) is 2. The smallest absolute Gasteiger partial charge is 0.207 e. The van der Waals surface area contributed by atoms with Crippen molar-refractivity contribution in [1.29, 1.82) is 0 Å². The second-order valence-electron chi connectivity index (χ2n) is 10.3. The summed E-state index contributed by atoms with van der Waals surface area (Å²) in [6.45, 7) is 6.40. The second-order valence-corrected chi connectivity index (χ2v) is 12.1. The highest BCUT2D eigenvalue weighted by Crippen LogP contribution is 2.42. The fraction of sp³-hybridized carbons (Fsp3) is 0.538. The van der Waals surface area contributed by atoms with Gasteiger partial charge in [-0.3, -0.25) is 0 Å². The van der Waals surface area contributed by atoms with E-state index >= 15 is 0 Å². The molecule has 2 aromatic rings. The van der Waals surface area contributed by atoms with Gasteiger partial charge in [0.15, 0.2) is 0 Å². The average Bonchev–Trinajstić information content (AvgIpc) is 3.61. The maximum absolute atomic E-state index is 14.6. The van der Waals surface area contributed by atoms with Crippen LogP contribution in [0, 0.1) is 13.8 Å². The third kappa shape index (κ3) is 4.68. The van der Waals surface area contributed by atoms with Gasteiger partial charge in [-0.2, -0.15) is 0 Å². The largest absolute Gasteiger partial charge is 0.398 e. The molecular formula is C26H32N2O6S. The Morgan fingerprint density at radius 1 is 0.743 bits per heavy atom. The van der Waals surface area contributed by atoms with Crippen molar-refractivity contribution in [2.75, 3.05) is 37.9 Å². The number of benzene rings is 2. The van der Waals surface area contributed by atoms with Gasteiger partial charge in [0, 0.05) is 37.1 Å². The predicted octanol–water partition coefficient (Wildman–Crippen LogP) is 2.07.